The number of nitrogens with one attached hydrogen (secondary N) is 1. The molecule has 0 atom stereocenters. The van der Waals surface area contributed by atoms with E-state index in [-0.39, 0.29) is 5.91 Å². The van der Waals surface area contributed by atoms with Crippen LogP contribution >= 0.6 is 0 Å². The molecule has 5 nitrogen and oxygen atoms in total. The van der Waals surface area contributed by atoms with Gasteiger partial charge in [-0.15, -0.1) is 0 Å². The molecule has 0 bridgehead atoms. The van der Waals surface area contributed by atoms with Gasteiger partial charge >= 0.3 is 0 Å². The molecule has 0 saturated heterocycles. The Morgan fingerprint density at radius 3 is 2.26 bits per heavy atom. The largest absolute Gasteiger partial charge is 0.377 e. The summed E-state index contributed by atoms with van der Waals surface area (Å²) < 4.78 is 11.8. The van der Waals surface area contributed by atoms with Crippen LogP contribution in [-0.2, 0) is 14.3 Å². The summed E-state index contributed by atoms with van der Waals surface area (Å²) in [5.41, 5.74) is 0.514. The second-order valence-corrected chi connectivity index (χ2v) is 5.24. The second kappa shape index (κ2) is 9.95. The number of likely N-dealkylation sites (N-methyl/N-ethyl adjacent to an activating group) is 1. The molecule has 1 N–H and O–H groups in total. The van der Waals surface area contributed by atoms with Gasteiger partial charge in [0.2, 0.25) is 5.91 Å². The highest BCUT2D eigenvalue weighted by atomic mass is 16.5. The zero-order chi connectivity index (χ0) is 14.7. The molecule has 0 aliphatic carbocycles. The summed E-state index contributed by atoms with van der Waals surface area (Å²) in [6, 6.07) is 0. The van der Waals surface area contributed by atoms with Gasteiger partial charge in [-0.2, -0.15) is 0 Å². The molecule has 1 amide bonds. The molecule has 0 aromatic rings. The lowest BCUT2D eigenvalue weighted by Crippen LogP contribution is -2.42. The van der Waals surface area contributed by atoms with Crippen molar-refractivity contribution in [2.45, 2.75) is 13.8 Å². The van der Waals surface area contributed by atoms with Crippen molar-refractivity contribution >= 4 is 5.91 Å². The van der Waals surface area contributed by atoms with Crippen molar-refractivity contribution in [1.29, 1.82) is 0 Å². The van der Waals surface area contributed by atoms with Crippen LogP contribution < -0.4 is 5.32 Å². The summed E-state index contributed by atoms with van der Waals surface area (Å²) in [6.07, 6.45) is 0. The van der Waals surface area contributed by atoms with E-state index in [1.54, 1.807) is 6.92 Å². The fourth-order valence-electron chi connectivity index (χ4n) is 1.18. The van der Waals surface area contributed by atoms with Crippen molar-refractivity contribution in [3.05, 3.63) is 12.2 Å². The zero-order valence-electron chi connectivity index (χ0n) is 12.8. The first-order valence-corrected chi connectivity index (χ1v) is 6.80. The van der Waals surface area contributed by atoms with E-state index in [0.29, 0.717) is 31.9 Å². The van der Waals surface area contributed by atoms with E-state index in [2.05, 4.69) is 32.9 Å². The fourth-order valence-corrected chi connectivity index (χ4v) is 1.18. The molecule has 0 aliphatic rings. The lowest BCUT2D eigenvalue weighted by atomic mass is 10.3. The summed E-state index contributed by atoms with van der Waals surface area (Å²) in [5.74, 6) is -0.126. The maximum absolute atomic E-state index is 11.1. The minimum atomic E-state index is -0.126. The van der Waals surface area contributed by atoms with Crippen LogP contribution in [0.4, 0.5) is 0 Å². The van der Waals surface area contributed by atoms with E-state index in [4.69, 9.17) is 9.47 Å². The number of rotatable bonds is 11. The Bertz CT molecular complexity index is 278. The highest BCUT2D eigenvalue weighted by molar-refractivity contribution is 5.91. The Morgan fingerprint density at radius 1 is 1.16 bits per heavy atom. The number of nitrogens with zero attached hydrogens (tertiary/aromatic N) is 1. The van der Waals surface area contributed by atoms with Crippen molar-refractivity contribution < 1.29 is 18.8 Å². The van der Waals surface area contributed by atoms with E-state index in [1.807, 2.05) is 0 Å². The molecule has 112 valence electrons. The lowest BCUT2D eigenvalue weighted by Gasteiger charge is -2.27. The maximum Gasteiger partial charge on any atom is 0.246 e. The number of carbonyl (C=O) groups excluding carboxylic acids is 1. The minimum absolute atomic E-state index is 0.126. The van der Waals surface area contributed by atoms with Crippen LogP contribution in [0, 0.1) is 0 Å². The van der Waals surface area contributed by atoms with Gasteiger partial charge in [0, 0.05) is 12.1 Å². The van der Waals surface area contributed by atoms with E-state index in [1.165, 1.54) is 0 Å². The number of quaternary nitrogens is 1. The molecule has 0 aliphatic heterocycles. The monoisotopic (exact) mass is 273 g/mol. The van der Waals surface area contributed by atoms with Gasteiger partial charge in [-0.3, -0.25) is 4.79 Å². The Balaban J connectivity index is 3.28. The van der Waals surface area contributed by atoms with Gasteiger partial charge in [0.15, 0.2) is 0 Å². The highest BCUT2D eigenvalue weighted by Gasteiger charge is 2.10. The molecule has 0 spiro atoms. The van der Waals surface area contributed by atoms with Crippen LogP contribution in [0.3, 0.4) is 0 Å². The molecule has 0 radical (unpaired) electrons. The smallest absolute Gasteiger partial charge is 0.246 e. The standard InChI is InChI=1S/C14H28N2O3/c1-6-16(4,5)8-10-19-12-11-18-9-7-15-14(17)13(2)3/h2,6-12H2,1,3-5H3/p+1. The first kappa shape index (κ1) is 18.1. The van der Waals surface area contributed by atoms with Crippen molar-refractivity contribution in [2.75, 3.05) is 60.2 Å². The Morgan fingerprint density at radius 2 is 1.74 bits per heavy atom. The van der Waals surface area contributed by atoms with Crippen molar-refractivity contribution in [3.63, 3.8) is 0 Å². The minimum Gasteiger partial charge on any atom is -0.377 e. The normalized spacial score (nSPS) is 11.4. The van der Waals surface area contributed by atoms with Crippen LogP contribution in [-0.4, -0.2) is 70.5 Å². The SMILES string of the molecule is C=C(C)C(=O)NCCOCCOCC[N+](C)(C)CC. The third-order valence-electron chi connectivity index (χ3n) is 2.99. The molecule has 0 aromatic carbocycles. The predicted molar refractivity (Wildman–Crippen MR) is 77.0 cm³/mol. The van der Waals surface area contributed by atoms with Gasteiger partial charge in [-0.1, -0.05) is 6.58 Å². The molecular formula is C14H29N2O3+. The molecule has 0 fully saturated rings. The third kappa shape index (κ3) is 10.7. The average Bonchev–Trinajstić information content (AvgIpc) is 2.36. The first-order valence-electron chi connectivity index (χ1n) is 6.80. The molecule has 0 saturated carbocycles. The summed E-state index contributed by atoms with van der Waals surface area (Å²) >= 11 is 0. The average molecular weight is 273 g/mol. The van der Waals surface area contributed by atoms with Crippen LogP contribution in [0.1, 0.15) is 13.8 Å². The predicted octanol–water partition coefficient (Wildman–Crippen LogP) is 0.808. The van der Waals surface area contributed by atoms with Crippen LogP contribution in [0.25, 0.3) is 0 Å². The van der Waals surface area contributed by atoms with Crippen molar-refractivity contribution in [3.8, 4) is 0 Å². The fraction of sp³-hybridized carbons (Fsp3) is 0.786. The summed E-state index contributed by atoms with van der Waals surface area (Å²) in [6.45, 7) is 12.4. The third-order valence-corrected chi connectivity index (χ3v) is 2.99. The lowest BCUT2D eigenvalue weighted by molar-refractivity contribution is -0.888. The van der Waals surface area contributed by atoms with E-state index < -0.39 is 0 Å². The Labute approximate surface area is 117 Å². The van der Waals surface area contributed by atoms with Gasteiger partial charge in [-0.25, -0.2) is 0 Å². The van der Waals surface area contributed by atoms with E-state index >= 15 is 0 Å². The summed E-state index contributed by atoms with van der Waals surface area (Å²) in [4.78, 5) is 11.1. The van der Waals surface area contributed by atoms with Crippen LogP contribution in [0.15, 0.2) is 12.2 Å². The second-order valence-electron chi connectivity index (χ2n) is 5.24. The Hall–Kier alpha value is -0.910. The summed E-state index contributed by atoms with van der Waals surface area (Å²) in [5, 5.41) is 2.70. The number of hydrogen-bond donors (Lipinski definition) is 1. The quantitative estimate of drug-likeness (QED) is 0.344. The van der Waals surface area contributed by atoms with E-state index in [0.717, 1.165) is 24.2 Å². The van der Waals surface area contributed by atoms with Crippen molar-refractivity contribution in [2.24, 2.45) is 0 Å². The van der Waals surface area contributed by atoms with Gasteiger partial charge in [0.05, 0.1) is 47.1 Å². The van der Waals surface area contributed by atoms with Gasteiger partial charge in [0.1, 0.15) is 6.54 Å². The van der Waals surface area contributed by atoms with Gasteiger partial charge in [-0.05, 0) is 13.8 Å². The molecule has 0 rings (SSSR count). The van der Waals surface area contributed by atoms with Crippen LogP contribution in [0.5, 0.6) is 0 Å². The highest BCUT2D eigenvalue weighted by Crippen LogP contribution is 1.94. The number of hydrogen-bond acceptors (Lipinski definition) is 3. The molecule has 0 unspecified atom stereocenters. The molecule has 0 aromatic heterocycles. The maximum atomic E-state index is 11.1. The van der Waals surface area contributed by atoms with Crippen molar-refractivity contribution in [1.82, 2.24) is 5.32 Å². The number of carbonyl (C=O) groups is 1. The van der Waals surface area contributed by atoms with Crippen LogP contribution in [0.2, 0.25) is 0 Å². The van der Waals surface area contributed by atoms with Gasteiger partial charge in [0.25, 0.3) is 0 Å². The molecular weight excluding hydrogens is 244 g/mol. The van der Waals surface area contributed by atoms with Gasteiger partial charge < -0.3 is 19.3 Å². The molecule has 19 heavy (non-hydrogen) atoms. The topological polar surface area (TPSA) is 47.6 Å². The summed E-state index contributed by atoms with van der Waals surface area (Å²) in [7, 11) is 4.37. The zero-order valence-corrected chi connectivity index (χ0v) is 12.8. The number of amides is 1. The molecule has 5 heteroatoms. The first-order chi connectivity index (χ1) is 8.89. The molecule has 0 heterocycles. The Kier molecular flexibility index (Phi) is 9.47. The van der Waals surface area contributed by atoms with E-state index in [9.17, 15) is 4.79 Å². The number of ether oxygens (including phenoxy) is 2.